The van der Waals surface area contributed by atoms with E-state index >= 15 is 0 Å². The molecular formula is C19H16N2OS2. The van der Waals surface area contributed by atoms with Crippen LogP contribution in [0.3, 0.4) is 0 Å². The molecule has 1 aromatic carbocycles. The van der Waals surface area contributed by atoms with Gasteiger partial charge in [-0.15, -0.1) is 22.7 Å². The molecule has 24 heavy (non-hydrogen) atoms. The van der Waals surface area contributed by atoms with Gasteiger partial charge in [-0.05, 0) is 30.9 Å². The van der Waals surface area contributed by atoms with Gasteiger partial charge in [-0.3, -0.25) is 4.79 Å². The normalized spacial score (nSPS) is 11.2. The van der Waals surface area contributed by atoms with Gasteiger partial charge in [-0.25, -0.2) is 4.98 Å². The fourth-order valence-corrected chi connectivity index (χ4v) is 4.67. The Kier molecular flexibility index (Phi) is 3.82. The van der Waals surface area contributed by atoms with Crippen LogP contribution in [-0.4, -0.2) is 9.97 Å². The molecule has 0 aliphatic heterocycles. The molecule has 0 radical (unpaired) electrons. The molecule has 0 aliphatic rings. The highest BCUT2D eigenvalue weighted by Gasteiger charge is 2.16. The van der Waals surface area contributed by atoms with Gasteiger partial charge >= 0.3 is 0 Å². The summed E-state index contributed by atoms with van der Waals surface area (Å²) in [6.07, 6.45) is 0.666. The van der Waals surface area contributed by atoms with Crippen molar-refractivity contribution in [3.8, 4) is 11.1 Å². The smallest absolute Gasteiger partial charge is 0.260 e. The number of benzene rings is 1. The number of thiophene rings is 2. The molecule has 0 bridgehead atoms. The number of aryl methyl sites for hydroxylation is 2. The van der Waals surface area contributed by atoms with E-state index in [-0.39, 0.29) is 5.56 Å². The third-order valence-corrected chi connectivity index (χ3v) is 5.92. The predicted octanol–water partition coefficient (Wildman–Crippen LogP) is 4.92. The van der Waals surface area contributed by atoms with Crippen molar-refractivity contribution in [1.29, 1.82) is 0 Å². The fourth-order valence-electron chi connectivity index (χ4n) is 2.89. The van der Waals surface area contributed by atoms with Crippen LogP contribution in [0.1, 0.15) is 21.1 Å². The Bertz CT molecular complexity index is 1060. The monoisotopic (exact) mass is 352 g/mol. The van der Waals surface area contributed by atoms with Crippen molar-refractivity contribution in [3.05, 3.63) is 73.3 Å². The average Bonchev–Trinajstić information content (AvgIpc) is 3.16. The lowest BCUT2D eigenvalue weighted by Crippen LogP contribution is -2.11. The third-order valence-electron chi connectivity index (χ3n) is 4.05. The number of H-pyrrole nitrogens is 1. The van der Waals surface area contributed by atoms with Gasteiger partial charge in [0.05, 0.1) is 5.39 Å². The van der Waals surface area contributed by atoms with E-state index in [0.29, 0.717) is 11.8 Å². The molecule has 0 aliphatic carbocycles. The zero-order chi connectivity index (χ0) is 16.7. The molecule has 3 aromatic heterocycles. The predicted molar refractivity (Wildman–Crippen MR) is 102 cm³/mol. The molecular weight excluding hydrogens is 336 g/mol. The first kappa shape index (κ1) is 15.3. The minimum Gasteiger partial charge on any atom is -0.310 e. The van der Waals surface area contributed by atoms with E-state index in [1.54, 1.807) is 22.7 Å². The maximum Gasteiger partial charge on any atom is 0.260 e. The van der Waals surface area contributed by atoms with Crippen LogP contribution in [0.4, 0.5) is 0 Å². The van der Waals surface area contributed by atoms with Gasteiger partial charge in [0.1, 0.15) is 10.7 Å². The number of nitrogens with one attached hydrogen (secondary N) is 1. The molecule has 3 nitrogen and oxygen atoms in total. The minimum absolute atomic E-state index is 0.0496. The van der Waals surface area contributed by atoms with Crippen LogP contribution in [0.2, 0.25) is 0 Å². The summed E-state index contributed by atoms with van der Waals surface area (Å²) >= 11 is 3.27. The Hall–Kier alpha value is -2.24. The minimum atomic E-state index is -0.0496. The Balaban J connectivity index is 1.86. The number of hydrogen-bond donors (Lipinski definition) is 1. The second-order valence-electron chi connectivity index (χ2n) is 5.85. The van der Waals surface area contributed by atoms with Crippen LogP contribution in [0.15, 0.2) is 46.6 Å². The van der Waals surface area contributed by atoms with E-state index in [2.05, 4.69) is 49.2 Å². The highest BCUT2D eigenvalue weighted by Crippen LogP contribution is 2.35. The third kappa shape index (κ3) is 2.70. The molecule has 4 aromatic rings. The number of fused-ring (bicyclic) bond motifs is 1. The van der Waals surface area contributed by atoms with Crippen molar-refractivity contribution in [3.63, 3.8) is 0 Å². The summed E-state index contributed by atoms with van der Waals surface area (Å²) in [6.45, 7) is 4.12. The zero-order valence-electron chi connectivity index (χ0n) is 13.4. The molecule has 0 saturated heterocycles. The molecule has 0 fully saturated rings. The Labute approximate surface area is 147 Å². The molecule has 4 rings (SSSR count). The highest BCUT2D eigenvalue weighted by molar-refractivity contribution is 7.19. The quantitative estimate of drug-likeness (QED) is 0.569. The maximum absolute atomic E-state index is 12.7. The molecule has 0 saturated carbocycles. The van der Waals surface area contributed by atoms with Crippen LogP contribution in [0.5, 0.6) is 0 Å². The summed E-state index contributed by atoms with van der Waals surface area (Å²) in [4.78, 5) is 23.5. The first-order valence-corrected chi connectivity index (χ1v) is 9.43. The van der Waals surface area contributed by atoms with Crippen LogP contribution in [-0.2, 0) is 6.42 Å². The molecule has 1 N–H and O–H groups in total. The number of nitrogens with zero attached hydrogens (tertiary/aromatic N) is 1. The Morgan fingerprint density at radius 3 is 2.62 bits per heavy atom. The maximum atomic E-state index is 12.7. The first-order chi connectivity index (χ1) is 11.6. The van der Waals surface area contributed by atoms with E-state index in [0.717, 1.165) is 26.7 Å². The number of rotatable bonds is 3. The number of aromatic amines is 1. The van der Waals surface area contributed by atoms with Gasteiger partial charge in [0, 0.05) is 21.7 Å². The van der Waals surface area contributed by atoms with Gasteiger partial charge in [0.25, 0.3) is 5.56 Å². The van der Waals surface area contributed by atoms with E-state index < -0.39 is 0 Å². The summed E-state index contributed by atoms with van der Waals surface area (Å²) in [5.41, 5.74) is 3.24. The second-order valence-corrected chi connectivity index (χ2v) is 8.08. The Morgan fingerprint density at radius 1 is 1.12 bits per heavy atom. The van der Waals surface area contributed by atoms with Gasteiger partial charge in [-0.2, -0.15) is 0 Å². The summed E-state index contributed by atoms with van der Waals surface area (Å²) in [5, 5.41) is 2.74. The van der Waals surface area contributed by atoms with Gasteiger partial charge < -0.3 is 4.98 Å². The van der Waals surface area contributed by atoms with Crippen LogP contribution in [0.25, 0.3) is 21.3 Å². The molecule has 0 spiro atoms. The van der Waals surface area contributed by atoms with Crippen molar-refractivity contribution in [2.24, 2.45) is 0 Å². The van der Waals surface area contributed by atoms with Crippen LogP contribution < -0.4 is 5.56 Å². The summed E-state index contributed by atoms with van der Waals surface area (Å²) < 4.78 is 0. The van der Waals surface area contributed by atoms with E-state index in [1.807, 2.05) is 11.4 Å². The van der Waals surface area contributed by atoms with Gasteiger partial charge in [0.2, 0.25) is 0 Å². The van der Waals surface area contributed by atoms with Crippen molar-refractivity contribution in [2.75, 3.05) is 0 Å². The van der Waals surface area contributed by atoms with Gasteiger partial charge in [-0.1, -0.05) is 35.9 Å². The summed E-state index contributed by atoms with van der Waals surface area (Å²) in [5.74, 6) is 0.728. The van der Waals surface area contributed by atoms with Crippen molar-refractivity contribution >= 4 is 32.9 Å². The highest BCUT2D eigenvalue weighted by atomic mass is 32.1. The van der Waals surface area contributed by atoms with Crippen molar-refractivity contribution in [2.45, 2.75) is 20.3 Å². The van der Waals surface area contributed by atoms with Crippen molar-refractivity contribution in [1.82, 2.24) is 9.97 Å². The Morgan fingerprint density at radius 2 is 1.92 bits per heavy atom. The molecule has 0 amide bonds. The summed E-state index contributed by atoms with van der Waals surface area (Å²) in [6, 6.07) is 12.4. The molecule has 0 atom stereocenters. The SMILES string of the molecule is Cc1ccc(-c2c(C)sc3nc(Cc4cccs4)[nH]c(=O)c23)cc1. The van der Waals surface area contributed by atoms with Gasteiger partial charge in [0.15, 0.2) is 0 Å². The molecule has 120 valence electrons. The van der Waals surface area contributed by atoms with E-state index in [1.165, 1.54) is 10.4 Å². The lowest BCUT2D eigenvalue weighted by Gasteiger charge is -2.03. The number of aromatic nitrogens is 2. The van der Waals surface area contributed by atoms with Crippen LogP contribution in [0, 0.1) is 13.8 Å². The number of hydrogen-bond acceptors (Lipinski definition) is 4. The molecule has 5 heteroatoms. The second kappa shape index (κ2) is 6.00. The lowest BCUT2D eigenvalue weighted by atomic mass is 10.0. The summed E-state index contributed by atoms with van der Waals surface area (Å²) in [7, 11) is 0. The van der Waals surface area contributed by atoms with Crippen LogP contribution >= 0.6 is 22.7 Å². The fraction of sp³-hybridized carbons (Fsp3) is 0.158. The topological polar surface area (TPSA) is 45.8 Å². The standard InChI is InChI=1S/C19H16N2OS2/c1-11-5-7-13(8-6-11)16-12(2)24-19-17(16)18(22)20-15(21-19)10-14-4-3-9-23-14/h3-9H,10H2,1-2H3,(H,20,21,22). The average molecular weight is 352 g/mol. The first-order valence-electron chi connectivity index (χ1n) is 7.73. The zero-order valence-corrected chi connectivity index (χ0v) is 15.1. The lowest BCUT2D eigenvalue weighted by molar-refractivity contribution is 0.990. The largest absolute Gasteiger partial charge is 0.310 e. The van der Waals surface area contributed by atoms with E-state index in [4.69, 9.17) is 4.98 Å². The van der Waals surface area contributed by atoms with Crippen molar-refractivity contribution < 1.29 is 0 Å². The molecule has 3 heterocycles. The van der Waals surface area contributed by atoms with E-state index in [9.17, 15) is 4.79 Å². The molecule has 0 unspecified atom stereocenters.